The summed E-state index contributed by atoms with van der Waals surface area (Å²) in [6.07, 6.45) is 18.4. The highest BCUT2D eigenvalue weighted by atomic mass is 16.5. The van der Waals surface area contributed by atoms with Gasteiger partial charge in [0.25, 0.3) is 0 Å². The first-order valence-corrected chi connectivity index (χ1v) is 12.2. The van der Waals surface area contributed by atoms with E-state index in [1.54, 1.807) is 38.5 Å². The number of methoxy groups -OCH3 is 1. The Morgan fingerprint density at radius 2 is 0.852 bits per heavy atom. The number of hydrogen-bond donors (Lipinski definition) is 0. The van der Waals surface area contributed by atoms with E-state index in [0.29, 0.717) is 11.1 Å². The number of ether oxygens (including phenoxy) is 1. The lowest BCUT2D eigenvalue weighted by Gasteiger charge is -2.63. The van der Waals surface area contributed by atoms with Gasteiger partial charge < -0.3 is 4.74 Å². The Balaban J connectivity index is 1.20. The topological polar surface area (TPSA) is 15.7 Å². The van der Waals surface area contributed by atoms with Gasteiger partial charge in [0, 0.05) is 31.3 Å². The van der Waals surface area contributed by atoms with Crippen molar-refractivity contribution < 1.29 is 4.74 Å². The second-order valence-electron chi connectivity index (χ2n) is 12.2. The van der Waals surface area contributed by atoms with Crippen molar-refractivity contribution in [3.63, 3.8) is 0 Å². The van der Waals surface area contributed by atoms with E-state index in [0.717, 1.165) is 35.5 Å². The standard InChI is InChI=1S/C24H38N2O/c1-27-22-25(23-10-16-4-17(11-23)6-18(5-16)12-23)2-3-26(22)24-13-19-7-20(14-24)9-21(8-19)15-24/h16-22H,2-15H2,1H3. The maximum atomic E-state index is 6.37. The zero-order chi connectivity index (χ0) is 17.8. The van der Waals surface area contributed by atoms with Crippen LogP contribution in [-0.2, 0) is 4.74 Å². The number of nitrogens with zero attached hydrogens (tertiary/aromatic N) is 2. The van der Waals surface area contributed by atoms with E-state index in [1.807, 2.05) is 7.11 Å². The fraction of sp³-hybridized carbons (Fsp3) is 1.00. The Labute approximate surface area is 165 Å². The van der Waals surface area contributed by atoms with Crippen LogP contribution in [0.2, 0.25) is 0 Å². The summed E-state index contributed by atoms with van der Waals surface area (Å²) in [6.45, 7) is 2.54. The zero-order valence-electron chi connectivity index (χ0n) is 17.2. The molecular formula is C24H38N2O. The van der Waals surface area contributed by atoms with Crippen LogP contribution in [0.5, 0.6) is 0 Å². The first-order chi connectivity index (χ1) is 13.1. The molecule has 0 unspecified atom stereocenters. The third-order valence-electron chi connectivity index (χ3n) is 10.6. The van der Waals surface area contributed by atoms with E-state index >= 15 is 0 Å². The SMILES string of the molecule is COC1N(C23CC4CC(CC(C4)C2)C3)CCN1C12CC3CC(CC(C3)C1)C2. The summed E-state index contributed by atoms with van der Waals surface area (Å²) in [5.41, 5.74) is 0.985. The molecule has 9 fully saturated rings. The van der Waals surface area contributed by atoms with Crippen LogP contribution in [0.25, 0.3) is 0 Å². The van der Waals surface area contributed by atoms with E-state index in [-0.39, 0.29) is 6.35 Å². The molecule has 3 nitrogen and oxygen atoms in total. The van der Waals surface area contributed by atoms with E-state index in [4.69, 9.17) is 4.74 Å². The molecule has 8 aliphatic carbocycles. The highest BCUT2D eigenvalue weighted by Gasteiger charge is 2.61. The molecule has 9 aliphatic rings. The molecule has 0 radical (unpaired) electrons. The Morgan fingerprint density at radius 1 is 0.556 bits per heavy atom. The Hall–Kier alpha value is -0.120. The van der Waals surface area contributed by atoms with Gasteiger partial charge in [0.1, 0.15) is 0 Å². The van der Waals surface area contributed by atoms with Crippen LogP contribution in [0.15, 0.2) is 0 Å². The third kappa shape index (κ3) is 2.26. The molecule has 1 saturated heterocycles. The predicted octanol–water partition coefficient (Wildman–Crippen LogP) is 4.47. The average molecular weight is 371 g/mol. The van der Waals surface area contributed by atoms with Crippen LogP contribution >= 0.6 is 0 Å². The van der Waals surface area contributed by atoms with Crippen molar-refractivity contribution in [2.45, 2.75) is 94.5 Å². The molecular weight excluding hydrogens is 332 g/mol. The highest BCUT2D eigenvalue weighted by Crippen LogP contribution is 2.61. The maximum absolute atomic E-state index is 6.37. The van der Waals surface area contributed by atoms with Gasteiger partial charge in [-0.1, -0.05) is 0 Å². The largest absolute Gasteiger partial charge is 0.353 e. The molecule has 3 heteroatoms. The minimum atomic E-state index is 0.275. The molecule has 1 heterocycles. The molecule has 0 spiro atoms. The van der Waals surface area contributed by atoms with Crippen molar-refractivity contribution >= 4 is 0 Å². The predicted molar refractivity (Wildman–Crippen MR) is 106 cm³/mol. The summed E-state index contributed by atoms with van der Waals surface area (Å²) in [5, 5.41) is 0. The monoisotopic (exact) mass is 370 g/mol. The van der Waals surface area contributed by atoms with Gasteiger partial charge in [0.05, 0.1) is 0 Å². The molecule has 0 amide bonds. The quantitative estimate of drug-likeness (QED) is 0.729. The summed E-state index contributed by atoms with van der Waals surface area (Å²) < 4.78 is 6.37. The maximum Gasteiger partial charge on any atom is 0.169 e. The molecule has 0 atom stereocenters. The lowest BCUT2D eigenvalue weighted by atomic mass is 9.52. The Bertz CT molecular complexity index is 507. The van der Waals surface area contributed by atoms with Crippen molar-refractivity contribution in [1.82, 2.24) is 9.80 Å². The van der Waals surface area contributed by atoms with Gasteiger partial charge in [-0.3, -0.25) is 9.80 Å². The normalized spacial score (nSPS) is 59.2. The minimum Gasteiger partial charge on any atom is -0.353 e. The summed E-state index contributed by atoms with van der Waals surface area (Å²) >= 11 is 0. The Kier molecular flexibility index (Phi) is 3.40. The van der Waals surface area contributed by atoms with Crippen LogP contribution in [0.4, 0.5) is 0 Å². The van der Waals surface area contributed by atoms with Crippen molar-refractivity contribution in [1.29, 1.82) is 0 Å². The molecule has 8 bridgehead atoms. The molecule has 0 aromatic rings. The second kappa shape index (κ2) is 5.52. The van der Waals surface area contributed by atoms with Crippen LogP contribution in [-0.4, -0.2) is 47.4 Å². The first kappa shape index (κ1) is 16.7. The van der Waals surface area contributed by atoms with Crippen LogP contribution in [0.3, 0.4) is 0 Å². The van der Waals surface area contributed by atoms with Gasteiger partial charge in [0.2, 0.25) is 0 Å². The summed E-state index contributed by atoms with van der Waals surface area (Å²) in [7, 11) is 2.01. The number of rotatable bonds is 3. The molecule has 0 aromatic carbocycles. The number of hydrogen-bond acceptors (Lipinski definition) is 3. The summed E-state index contributed by atoms with van der Waals surface area (Å²) in [6, 6.07) is 0. The fourth-order valence-electron chi connectivity index (χ4n) is 10.6. The molecule has 150 valence electrons. The first-order valence-electron chi connectivity index (χ1n) is 12.2. The van der Waals surface area contributed by atoms with Gasteiger partial charge >= 0.3 is 0 Å². The molecule has 27 heavy (non-hydrogen) atoms. The van der Waals surface area contributed by atoms with Gasteiger partial charge in [-0.15, -0.1) is 0 Å². The molecule has 0 aromatic heterocycles. The third-order valence-corrected chi connectivity index (χ3v) is 10.6. The van der Waals surface area contributed by atoms with Gasteiger partial charge in [-0.25, -0.2) is 0 Å². The van der Waals surface area contributed by atoms with E-state index in [9.17, 15) is 0 Å². The molecule has 1 aliphatic heterocycles. The summed E-state index contributed by atoms with van der Waals surface area (Å²) in [4.78, 5) is 5.83. The van der Waals surface area contributed by atoms with E-state index < -0.39 is 0 Å². The van der Waals surface area contributed by atoms with Crippen molar-refractivity contribution in [3.05, 3.63) is 0 Å². The Morgan fingerprint density at radius 3 is 1.11 bits per heavy atom. The molecule has 0 N–H and O–H groups in total. The van der Waals surface area contributed by atoms with Gasteiger partial charge in [-0.2, -0.15) is 0 Å². The average Bonchev–Trinajstić information content (AvgIpc) is 3.05. The minimum absolute atomic E-state index is 0.275. The van der Waals surface area contributed by atoms with Crippen molar-refractivity contribution in [3.8, 4) is 0 Å². The summed E-state index contributed by atoms with van der Waals surface area (Å²) in [5.74, 6) is 6.18. The molecule has 9 rings (SSSR count). The van der Waals surface area contributed by atoms with Crippen molar-refractivity contribution in [2.75, 3.05) is 20.2 Å². The van der Waals surface area contributed by atoms with Crippen LogP contribution in [0.1, 0.15) is 77.0 Å². The highest BCUT2D eigenvalue weighted by molar-refractivity contribution is 5.13. The lowest BCUT2D eigenvalue weighted by Crippen LogP contribution is -2.66. The van der Waals surface area contributed by atoms with Gasteiger partial charge in [0.15, 0.2) is 6.35 Å². The van der Waals surface area contributed by atoms with E-state index in [1.165, 1.54) is 51.6 Å². The van der Waals surface area contributed by atoms with E-state index in [2.05, 4.69) is 9.80 Å². The lowest BCUT2D eigenvalue weighted by molar-refractivity contribution is -0.211. The smallest absolute Gasteiger partial charge is 0.169 e. The second-order valence-corrected chi connectivity index (χ2v) is 12.2. The fourth-order valence-corrected chi connectivity index (χ4v) is 10.6. The molecule has 8 saturated carbocycles. The zero-order valence-corrected chi connectivity index (χ0v) is 17.2. The van der Waals surface area contributed by atoms with Gasteiger partial charge in [-0.05, 0) is 113 Å². The van der Waals surface area contributed by atoms with Crippen LogP contribution < -0.4 is 0 Å². The van der Waals surface area contributed by atoms with Crippen molar-refractivity contribution in [2.24, 2.45) is 35.5 Å². The van der Waals surface area contributed by atoms with Crippen LogP contribution in [0, 0.1) is 35.5 Å².